The van der Waals surface area contributed by atoms with Crippen molar-refractivity contribution < 1.29 is 13.2 Å². The van der Waals surface area contributed by atoms with Crippen LogP contribution in [0.5, 0.6) is 0 Å². The second-order valence-corrected chi connectivity index (χ2v) is 10.4. The molecule has 0 radical (unpaired) electrons. The van der Waals surface area contributed by atoms with E-state index in [1.807, 2.05) is 0 Å². The van der Waals surface area contributed by atoms with Crippen LogP contribution in [0.2, 0.25) is 0 Å². The van der Waals surface area contributed by atoms with Crippen molar-refractivity contribution in [3.8, 4) is 0 Å². The molecule has 4 rings (SSSR count). The Balaban J connectivity index is 1.62. The molecule has 1 aliphatic carbocycles. The smallest absolute Gasteiger partial charge is 0.262 e. The van der Waals surface area contributed by atoms with Gasteiger partial charge in [0.2, 0.25) is 0 Å². The van der Waals surface area contributed by atoms with Crippen molar-refractivity contribution in [2.24, 2.45) is 0 Å². The van der Waals surface area contributed by atoms with E-state index in [1.54, 1.807) is 42.5 Å². The molecule has 0 aliphatic heterocycles. The number of aromatic amines is 1. The summed E-state index contributed by atoms with van der Waals surface area (Å²) >= 11 is 5.24. The molecule has 3 aromatic rings. The normalized spacial score (nSPS) is 14.5. The van der Waals surface area contributed by atoms with Gasteiger partial charge in [-0.15, -0.1) is 6.58 Å². The first-order chi connectivity index (χ1) is 15.3. The van der Waals surface area contributed by atoms with Gasteiger partial charge in [-0.1, -0.05) is 25.0 Å². The van der Waals surface area contributed by atoms with Crippen LogP contribution in [-0.4, -0.2) is 29.1 Å². The van der Waals surface area contributed by atoms with Gasteiger partial charge in [-0.2, -0.15) is 0 Å². The number of benzene rings is 2. The molecule has 2 N–H and O–H groups in total. The molecule has 0 saturated heterocycles. The zero-order chi connectivity index (χ0) is 22.9. The highest BCUT2D eigenvalue weighted by Gasteiger charge is 2.30. The summed E-state index contributed by atoms with van der Waals surface area (Å²) in [7, 11) is -3.42. The Bertz CT molecular complexity index is 1430. The zero-order valence-electron chi connectivity index (χ0n) is 17.3. The van der Waals surface area contributed by atoms with Gasteiger partial charge in [-0.05, 0) is 61.5 Å². The summed E-state index contributed by atoms with van der Waals surface area (Å²) in [6.45, 7) is 3.91. The Hall–Kier alpha value is -3.04. The maximum Gasteiger partial charge on any atom is 0.262 e. The first-order valence-corrected chi connectivity index (χ1v) is 12.3. The van der Waals surface area contributed by atoms with Crippen LogP contribution in [0.25, 0.3) is 10.9 Å². The number of carbonyl (C=O) groups is 1. The van der Waals surface area contributed by atoms with Crippen molar-refractivity contribution in [3.63, 3.8) is 0 Å². The minimum atomic E-state index is -3.42. The van der Waals surface area contributed by atoms with Gasteiger partial charge >= 0.3 is 0 Å². The molecule has 2 aromatic carbocycles. The number of allylic oxidation sites excluding steroid dienone is 1. The van der Waals surface area contributed by atoms with Crippen LogP contribution in [0.4, 0.5) is 5.69 Å². The summed E-state index contributed by atoms with van der Waals surface area (Å²) in [6, 6.07) is 11.0. The van der Waals surface area contributed by atoms with Crippen molar-refractivity contribution in [1.29, 1.82) is 0 Å². The minimum absolute atomic E-state index is 0.215. The highest BCUT2D eigenvalue weighted by Crippen LogP contribution is 2.30. The van der Waals surface area contributed by atoms with E-state index in [0.717, 1.165) is 12.8 Å². The van der Waals surface area contributed by atoms with Gasteiger partial charge in [0.15, 0.2) is 14.6 Å². The molecular weight excluding hydrogens is 446 g/mol. The van der Waals surface area contributed by atoms with E-state index >= 15 is 0 Å². The van der Waals surface area contributed by atoms with E-state index in [9.17, 15) is 18.0 Å². The zero-order valence-corrected chi connectivity index (χ0v) is 19.0. The van der Waals surface area contributed by atoms with E-state index in [0.29, 0.717) is 35.0 Å². The number of rotatable bonds is 6. The number of anilines is 1. The van der Waals surface area contributed by atoms with Gasteiger partial charge in [0, 0.05) is 17.8 Å². The maximum atomic E-state index is 12.9. The predicted octanol–water partition coefficient (Wildman–Crippen LogP) is 4.21. The van der Waals surface area contributed by atoms with Crippen LogP contribution >= 0.6 is 12.2 Å². The fourth-order valence-corrected chi connectivity index (χ4v) is 6.20. The molecule has 1 aliphatic rings. The van der Waals surface area contributed by atoms with E-state index in [4.69, 9.17) is 12.2 Å². The molecule has 0 spiro atoms. The first-order valence-electron chi connectivity index (χ1n) is 10.3. The second kappa shape index (κ2) is 8.84. The van der Waals surface area contributed by atoms with Crippen molar-refractivity contribution in [3.05, 3.63) is 75.8 Å². The summed E-state index contributed by atoms with van der Waals surface area (Å²) in [4.78, 5) is 28.6. The van der Waals surface area contributed by atoms with Crippen LogP contribution < -0.4 is 10.9 Å². The molecular formula is C23H23N3O4S2. The number of fused-ring (bicyclic) bond motifs is 1. The van der Waals surface area contributed by atoms with E-state index < -0.39 is 15.7 Å². The molecule has 0 atom stereocenters. The summed E-state index contributed by atoms with van der Waals surface area (Å²) in [5.41, 5.74) is 0.891. The van der Waals surface area contributed by atoms with E-state index in [-0.39, 0.29) is 27.0 Å². The number of sulfone groups is 1. The average molecular weight is 470 g/mol. The Kier molecular flexibility index (Phi) is 6.12. The Morgan fingerprint density at radius 1 is 1.22 bits per heavy atom. The molecule has 1 amide bonds. The number of hydrogen-bond acceptors (Lipinski definition) is 5. The van der Waals surface area contributed by atoms with E-state index in [2.05, 4.69) is 16.9 Å². The molecule has 0 bridgehead atoms. The Morgan fingerprint density at radius 3 is 2.69 bits per heavy atom. The largest absolute Gasteiger partial charge is 0.332 e. The van der Waals surface area contributed by atoms with Gasteiger partial charge in [-0.3, -0.25) is 14.2 Å². The quantitative estimate of drug-likeness (QED) is 0.416. The van der Waals surface area contributed by atoms with Crippen LogP contribution in [0.15, 0.2) is 64.8 Å². The molecule has 166 valence electrons. The number of carbonyl (C=O) groups excluding carboxylic acids is 1. The lowest BCUT2D eigenvalue weighted by atomic mass is 10.1. The van der Waals surface area contributed by atoms with Crippen LogP contribution in [0.1, 0.15) is 36.0 Å². The van der Waals surface area contributed by atoms with Gasteiger partial charge in [0.1, 0.15) is 0 Å². The molecule has 0 unspecified atom stereocenters. The average Bonchev–Trinajstić information content (AvgIpc) is 3.32. The number of amides is 1. The number of nitrogens with one attached hydrogen (secondary N) is 2. The minimum Gasteiger partial charge on any atom is -0.332 e. The molecule has 32 heavy (non-hydrogen) atoms. The standard InChI is InChI=1S/C23H23N3O4S2/c1-2-12-26-22(28)19-11-10-15(13-20(19)25-23(26)31)21(27)24-16-6-5-9-18(14-16)32(29,30)17-7-3-4-8-17/h2,5-6,9-11,13-14,17H,1,3-4,7-8,12H2,(H,24,27)(H,25,31). The topological polar surface area (TPSA) is 101 Å². The maximum absolute atomic E-state index is 12.9. The SMILES string of the molecule is C=CCn1c(=S)[nH]c2cc(C(=O)Nc3cccc(S(=O)(=O)C4CCCC4)c3)ccc2c1=O. The molecule has 9 heteroatoms. The summed E-state index contributed by atoms with van der Waals surface area (Å²) in [5.74, 6) is -0.420. The molecule has 7 nitrogen and oxygen atoms in total. The van der Waals surface area contributed by atoms with Crippen LogP contribution in [-0.2, 0) is 16.4 Å². The van der Waals surface area contributed by atoms with Crippen molar-refractivity contribution >= 4 is 44.6 Å². The lowest BCUT2D eigenvalue weighted by molar-refractivity contribution is 0.102. The number of aromatic nitrogens is 2. The Morgan fingerprint density at radius 2 is 1.97 bits per heavy atom. The highest BCUT2D eigenvalue weighted by molar-refractivity contribution is 7.92. The lowest BCUT2D eigenvalue weighted by Gasteiger charge is -2.13. The predicted molar refractivity (Wildman–Crippen MR) is 127 cm³/mol. The van der Waals surface area contributed by atoms with Crippen LogP contribution in [0.3, 0.4) is 0 Å². The lowest BCUT2D eigenvalue weighted by Crippen LogP contribution is -2.22. The third kappa shape index (κ3) is 4.18. The number of hydrogen-bond donors (Lipinski definition) is 2. The van der Waals surface area contributed by atoms with Crippen molar-refractivity contribution in [1.82, 2.24) is 9.55 Å². The summed E-state index contributed by atoms with van der Waals surface area (Å²) in [5, 5.41) is 2.79. The second-order valence-electron chi connectivity index (χ2n) is 7.83. The third-order valence-corrected chi connectivity index (χ3v) is 8.30. The molecule has 1 heterocycles. The highest BCUT2D eigenvalue weighted by atomic mass is 32.2. The summed E-state index contributed by atoms with van der Waals surface area (Å²) in [6.07, 6.45) is 4.77. The Labute approximate surface area is 190 Å². The van der Waals surface area contributed by atoms with Gasteiger partial charge in [0.05, 0.1) is 21.0 Å². The molecule has 1 aromatic heterocycles. The third-order valence-electron chi connectivity index (χ3n) is 5.72. The van der Waals surface area contributed by atoms with Crippen LogP contribution in [0, 0.1) is 4.77 Å². The van der Waals surface area contributed by atoms with Gasteiger partial charge < -0.3 is 10.3 Å². The molecule has 1 fully saturated rings. The molecule has 1 saturated carbocycles. The number of H-pyrrole nitrogens is 1. The fraction of sp³-hybridized carbons (Fsp3) is 0.261. The summed E-state index contributed by atoms with van der Waals surface area (Å²) < 4.78 is 27.4. The van der Waals surface area contributed by atoms with Crippen molar-refractivity contribution in [2.45, 2.75) is 42.4 Å². The first kappa shape index (κ1) is 22.2. The van der Waals surface area contributed by atoms with E-state index in [1.165, 1.54) is 10.6 Å². The van der Waals surface area contributed by atoms with Crippen molar-refractivity contribution in [2.75, 3.05) is 5.32 Å². The van der Waals surface area contributed by atoms with Gasteiger partial charge in [0.25, 0.3) is 11.5 Å². The monoisotopic (exact) mass is 469 g/mol. The fourth-order valence-electron chi connectivity index (χ4n) is 4.04. The number of nitrogens with zero attached hydrogens (tertiary/aromatic N) is 1. The van der Waals surface area contributed by atoms with Gasteiger partial charge in [-0.25, -0.2) is 8.42 Å².